The molecule has 1 heterocycles. The molecule has 1 aliphatic rings. The molecule has 5 nitrogen and oxygen atoms in total. The lowest BCUT2D eigenvalue weighted by Gasteiger charge is -2.25. The van der Waals surface area contributed by atoms with Gasteiger partial charge in [-0.05, 0) is 35.4 Å². The van der Waals surface area contributed by atoms with Gasteiger partial charge in [-0.15, -0.1) is 0 Å². The Kier molecular flexibility index (Phi) is 6.55. The molecule has 0 aromatic heterocycles. The quantitative estimate of drug-likeness (QED) is 0.591. The van der Waals surface area contributed by atoms with Gasteiger partial charge in [0.15, 0.2) is 0 Å². The first-order valence-electron chi connectivity index (χ1n) is 10.8. The molecule has 2 amide bonds. The van der Waals surface area contributed by atoms with Crippen molar-refractivity contribution in [2.24, 2.45) is 5.92 Å². The van der Waals surface area contributed by atoms with E-state index in [4.69, 9.17) is 4.74 Å². The van der Waals surface area contributed by atoms with Gasteiger partial charge in [-0.3, -0.25) is 9.59 Å². The van der Waals surface area contributed by atoms with Crippen LogP contribution in [0.3, 0.4) is 0 Å². The topological polar surface area (TPSA) is 49.9 Å². The van der Waals surface area contributed by atoms with Crippen LogP contribution in [0.25, 0.3) is 0 Å². The fourth-order valence-electron chi connectivity index (χ4n) is 4.41. The molecule has 1 saturated heterocycles. The monoisotopic (exact) mass is 428 g/mol. The second kappa shape index (κ2) is 9.69. The van der Waals surface area contributed by atoms with Gasteiger partial charge in [0, 0.05) is 38.2 Å². The molecule has 0 unspecified atom stereocenters. The number of rotatable bonds is 6. The molecular weight excluding hydrogens is 400 g/mol. The Bertz CT molecular complexity index is 1070. The van der Waals surface area contributed by atoms with Gasteiger partial charge in [-0.25, -0.2) is 0 Å². The summed E-state index contributed by atoms with van der Waals surface area (Å²) in [6.07, 6.45) is 0. The molecule has 0 radical (unpaired) electrons. The summed E-state index contributed by atoms with van der Waals surface area (Å²) in [5, 5.41) is 0. The van der Waals surface area contributed by atoms with Crippen LogP contribution >= 0.6 is 0 Å². The van der Waals surface area contributed by atoms with Crippen molar-refractivity contribution in [3.05, 3.63) is 102 Å². The Morgan fingerprint density at radius 3 is 2.31 bits per heavy atom. The zero-order valence-corrected chi connectivity index (χ0v) is 18.5. The number of hydrogen-bond donors (Lipinski definition) is 0. The van der Waals surface area contributed by atoms with Gasteiger partial charge in [0.1, 0.15) is 5.75 Å². The minimum absolute atomic E-state index is 0.0421. The summed E-state index contributed by atoms with van der Waals surface area (Å²) in [5.41, 5.74) is 2.73. The van der Waals surface area contributed by atoms with Gasteiger partial charge in [-0.2, -0.15) is 0 Å². The zero-order chi connectivity index (χ0) is 22.5. The van der Waals surface area contributed by atoms with Crippen LogP contribution in [0, 0.1) is 5.92 Å². The van der Waals surface area contributed by atoms with Crippen LogP contribution in [0.2, 0.25) is 0 Å². The number of carbonyl (C=O) groups is 2. The van der Waals surface area contributed by atoms with E-state index in [0.29, 0.717) is 25.2 Å². The van der Waals surface area contributed by atoms with E-state index in [1.807, 2.05) is 92.0 Å². The largest absolute Gasteiger partial charge is 0.497 e. The first-order valence-corrected chi connectivity index (χ1v) is 10.8. The van der Waals surface area contributed by atoms with E-state index in [0.717, 1.165) is 16.9 Å². The van der Waals surface area contributed by atoms with E-state index in [1.165, 1.54) is 0 Å². The van der Waals surface area contributed by atoms with Gasteiger partial charge >= 0.3 is 0 Å². The minimum atomic E-state index is -0.316. The summed E-state index contributed by atoms with van der Waals surface area (Å²) < 4.78 is 5.40. The van der Waals surface area contributed by atoms with Crippen LogP contribution in [0.15, 0.2) is 84.9 Å². The Morgan fingerprint density at radius 1 is 0.938 bits per heavy atom. The highest BCUT2D eigenvalue weighted by Gasteiger charge is 2.41. The Hall–Kier alpha value is -3.60. The number of benzene rings is 3. The third-order valence-electron chi connectivity index (χ3n) is 6.11. The molecule has 0 aliphatic carbocycles. The summed E-state index contributed by atoms with van der Waals surface area (Å²) in [6.45, 7) is 1.43. The van der Waals surface area contributed by atoms with E-state index < -0.39 is 0 Å². The van der Waals surface area contributed by atoms with E-state index >= 15 is 0 Å². The molecule has 32 heavy (non-hydrogen) atoms. The lowest BCUT2D eigenvalue weighted by molar-refractivity contribution is -0.134. The third kappa shape index (κ3) is 4.67. The highest BCUT2D eigenvalue weighted by molar-refractivity contribution is 5.95. The molecule has 1 aliphatic heterocycles. The van der Waals surface area contributed by atoms with Crippen molar-refractivity contribution in [2.45, 2.75) is 12.5 Å². The Morgan fingerprint density at radius 2 is 1.62 bits per heavy atom. The molecule has 0 N–H and O–H groups in total. The summed E-state index contributed by atoms with van der Waals surface area (Å²) in [5.74, 6) is 0.343. The summed E-state index contributed by atoms with van der Waals surface area (Å²) >= 11 is 0. The molecule has 0 bridgehead atoms. The second-order valence-electron chi connectivity index (χ2n) is 8.25. The first kappa shape index (κ1) is 21.6. The van der Waals surface area contributed by atoms with Crippen LogP contribution < -0.4 is 4.74 Å². The smallest absolute Gasteiger partial charge is 0.253 e. The van der Waals surface area contributed by atoms with Crippen molar-refractivity contribution >= 4 is 11.8 Å². The number of hydrogen-bond acceptors (Lipinski definition) is 3. The normalized spacial score (nSPS) is 17.8. The number of likely N-dealkylation sites (tertiary alicyclic amines) is 1. The van der Waals surface area contributed by atoms with Crippen LogP contribution in [0.1, 0.15) is 27.4 Å². The average Bonchev–Trinajstić information content (AvgIpc) is 3.29. The van der Waals surface area contributed by atoms with E-state index in [1.54, 1.807) is 16.9 Å². The lowest BCUT2D eigenvalue weighted by atomic mass is 9.88. The number of ether oxygens (including phenoxy) is 1. The van der Waals surface area contributed by atoms with E-state index in [-0.39, 0.29) is 23.7 Å². The van der Waals surface area contributed by atoms with Crippen molar-refractivity contribution in [3.63, 3.8) is 0 Å². The second-order valence-corrected chi connectivity index (χ2v) is 8.25. The highest BCUT2D eigenvalue weighted by Crippen LogP contribution is 2.36. The predicted molar refractivity (Wildman–Crippen MR) is 124 cm³/mol. The van der Waals surface area contributed by atoms with Crippen LogP contribution in [0.4, 0.5) is 0 Å². The fraction of sp³-hybridized carbons (Fsp3) is 0.259. The minimum Gasteiger partial charge on any atom is -0.497 e. The molecule has 2 atom stereocenters. The van der Waals surface area contributed by atoms with Gasteiger partial charge in [0.2, 0.25) is 5.91 Å². The van der Waals surface area contributed by atoms with Crippen molar-refractivity contribution in [3.8, 4) is 5.75 Å². The molecule has 164 valence electrons. The summed E-state index contributed by atoms with van der Waals surface area (Å²) in [7, 11) is 3.47. The first-order chi connectivity index (χ1) is 15.6. The lowest BCUT2D eigenvalue weighted by Crippen LogP contribution is -2.36. The van der Waals surface area contributed by atoms with E-state index in [9.17, 15) is 9.59 Å². The molecular formula is C27H28N2O3. The zero-order valence-electron chi connectivity index (χ0n) is 18.5. The maximum absolute atomic E-state index is 13.5. The predicted octanol–water partition coefficient (Wildman–Crippen LogP) is 4.21. The van der Waals surface area contributed by atoms with Crippen LogP contribution in [-0.4, -0.2) is 48.9 Å². The average molecular weight is 429 g/mol. The molecule has 3 aromatic rings. The third-order valence-corrected chi connectivity index (χ3v) is 6.11. The van der Waals surface area contributed by atoms with Crippen molar-refractivity contribution < 1.29 is 14.3 Å². The molecule has 0 spiro atoms. The molecule has 5 heteroatoms. The number of methoxy groups -OCH3 is 1. The maximum Gasteiger partial charge on any atom is 0.253 e. The highest BCUT2D eigenvalue weighted by atomic mass is 16.5. The number of carbonyl (C=O) groups excluding carboxylic acids is 2. The van der Waals surface area contributed by atoms with Gasteiger partial charge in [0.05, 0.1) is 13.0 Å². The Labute approximate surface area is 189 Å². The molecule has 4 rings (SSSR count). The van der Waals surface area contributed by atoms with E-state index in [2.05, 4.69) is 0 Å². The van der Waals surface area contributed by atoms with Crippen LogP contribution in [-0.2, 0) is 11.3 Å². The Balaban J connectivity index is 1.60. The standard InChI is InChI=1S/C27H28N2O3/c1-28(17-20-10-5-3-6-11-20)27(31)25-19-29(26(30)21-12-7-4-8-13-21)18-24(25)22-14-9-15-23(16-22)32-2/h3-16,24-25H,17-19H2,1-2H3/t24-,25+/m0/s1. The molecule has 1 fully saturated rings. The van der Waals surface area contributed by atoms with Gasteiger partial charge < -0.3 is 14.5 Å². The number of nitrogens with zero attached hydrogens (tertiary/aromatic N) is 2. The fourth-order valence-corrected chi connectivity index (χ4v) is 4.41. The molecule has 0 saturated carbocycles. The molecule has 3 aromatic carbocycles. The van der Waals surface area contributed by atoms with Crippen molar-refractivity contribution in [1.29, 1.82) is 0 Å². The van der Waals surface area contributed by atoms with Crippen LogP contribution in [0.5, 0.6) is 5.75 Å². The van der Waals surface area contributed by atoms with Gasteiger partial charge in [0.25, 0.3) is 5.91 Å². The SMILES string of the molecule is COc1cccc([C@@H]2CN(C(=O)c3ccccc3)C[C@H]2C(=O)N(C)Cc2ccccc2)c1. The summed E-state index contributed by atoms with van der Waals surface area (Å²) in [6, 6.07) is 27.0. The summed E-state index contributed by atoms with van der Waals surface area (Å²) in [4.78, 5) is 30.3. The maximum atomic E-state index is 13.5. The van der Waals surface area contributed by atoms with Crippen molar-refractivity contribution in [1.82, 2.24) is 9.80 Å². The van der Waals surface area contributed by atoms with Crippen molar-refractivity contribution in [2.75, 3.05) is 27.2 Å². The number of amides is 2. The van der Waals surface area contributed by atoms with Gasteiger partial charge in [-0.1, -0.05) is 60.7 Å².